The number of hydrogen-bond donors (Lipinski definition) is 0. The second-order valence-corrected chi connectivity index (χ2v) is 4.81. The quantitative estimate of drug-likeness (QED) is 0.544. The van der Waals surface area contributed by atoms with Gasteiger partial charge in [0.15, 0.2) is 5.69 Å². The van der Waals surface area contributed by atoms with Crippen molar-refractivity contribution in [1.82, 2.24) is 9.78 Å². The lowest BCUT2D eigenvalue weighted by Gasteiger charge is -2.09. The second-order valence-electron chi connectivity index (χ2n) is 4.81. The number of hydrogen-bond acceptors (Lipinski definition) is 4. The van der Waals surface area contributed by atoms with Crippen LogP contribution in [0, 0.1) is 33.1 Å². The van der Waals surface area contributed by atoms with Crippen molar-refractivity contribution in [3.05, 3.63) is 76.0 Å². The van der Waals surface area contributed by atoms with Crippen molar-refractivity contribution < 1.29 is 13.7 Å². The lowest BCUT2D eigenvalue weighted by molar-refractivity contribution is -0.384. The number of nitro benzene ring substituents is 1. The molecule has 0 aliphatic rings. The van der Waals surface area contributed by atoms with Crippen LogP contribution in [0.2, 0.25) is 0 Å². The minimum absolute atomic E-state index is 0.0397. The third kappa shape index (κ3) is 2.59. The molecule has 0 spiro atoms. The molecule has 0 bridgehead atoms. The average molecular weight is 326 g/mol. The number of para-hydroxylation sites is 2. The summed E-state index contributed by atoms with van der Waals surface area (Å²) in [6, 6.07) is 11.6. The zero-order chi connectivity index (χ0) is 17.3. The second kappa shape index (κ2) is 5.89. The van der Waals surface area contributed by atoms with Crippen LogP contribution in [0.5, 0.6) is 0 Å². The molecule has 0 atom stereocenters. The molecular formula is C16H8F2N4O2. The van der Waals surface area contributed by atoms with E-state index in [2.05, 4.69) is 5.10 Å². The molecule has 3 aromatic rings. The molecule has 0 radical (unpaired) electrons. The molecule has 8 heteroatoms. The van der Waals surface area contributed by atoms with E-state index in [-0.39, 0.29) is 28.3 Å². The average Bonchev–Trinajstić information content (AvgIpc) is 3.01. The van der Waals surface area contributed by atoms with Gasteiger partial charge in [-0.05, 0) is 24.3 Å². The maximum absolute atomic E-state index is 14.1. The number of halogens is 2. The Bertz CT molecular complexity index is 992. The van der Waals surface area contributed by atoms with Gasteiger partial charge in [0.2, 0.25) is 0 Å². The Hall–Kier alpha value is -3.60. The molecule has 1 aromatic heterocycles. The van der Waals surface area contributed by atoms with Crippen LogP contribution in [0.15, 0.2) is 48.5 Å². The number of nitro groups is 1. The van der Waals surface area contributed by atoms with Crippen LogP contribution < -0.4 is 0 Å². The van der Waals surface area contributed by atoms with E-state index < -0.39 is 16.6 Å². The fourth-order valence-electron chi connectivity index (χ4n) is 2.30. The predicted molar refractivity (Wildman–Crippen MR) is 80.3 cm³/mol. The summed E-state index contributed by atoms with van der Waals surface area (Å²) >= 11 is 0. The van der Waals surface area contributed by atoms with Crippen molar-refractivity contribution in [3.63, 3.8) is 0 Å². The van der Waals surface area contributed by atoms with Gasteiger partial charge < -0.3 is 0 Å². The molecule has 118 valence electrons. The lowest BCUT2D eigenvalue weighted by Crippen LogP contribution is -2.04. The Morgan fingerprint density at radius 1 is 1.17 bits per heavy atom. The van der Waals surface area contributed by atoms with Crippen molar-refractivity contribution in [2.24, 2.45) is 0 Å². The molecular weight excluding hydrogens is 318 g/mol. The molecule has 0 fully saturated rings. The minimum Gasteiger partial charge on any atom is -0.258 e. The summed E-state index contributed by atoms with van der Waals surface area (Å²) in [5, 5.41) is 24.2. The van der Waals surface area contributed by atoms with Gasteiger partial charge in [-0.3, -0.25) is 10.1 Å². The predicted octanol–water partition coefficient (Wildman–Crippen LogP) is 3.60. The third-order valence-electron chi connectivity index (χ3n) is 3.33. The van der Waals surface area contributed by atoms with Crippen molar-refractivity contribution in [1.29, 1.82) is 5.26 Å². The topological polar surface area (TPSA) is 84.8 Å². The molecule has 0 N–H and O–H groups in total. The van der Waals surface area contributed by atoms with Gasteiger partial charge in [0, 0.05) is 17.7 Å². The Labute approximate surface area is 134 Å². The Kier molecular flexibility index (Phi) is 3.75. The van der Waals surface area contributed by atoms with Crippen LogP contribution in [0.3, 0.4) is 0 Å². The van der Waals surface area contributed by atoms with Gasteiger partial charge >= 0.3 is 0 Å². The van der Waals surface area contributed by atoms with Gasteiger partial charge in [0.1, 0.15) is 23.4 Å². The van der Waals surface area contributed by atoms with Gasteiger partial charge in [-0.15, -0.1) is 0 Å². The fourth-order valence-corrected chi connectivity index (χ4v) is 2.30. The number of benzene rings is 2. The molecule has 0 saturated carbocycles. The van der Waals surface area contributed by atoms with Crippen molar-refractivity contribution >= 4 is 5.69 Å². The van der Waals surface area contributed by atoms with E-state index in [4.69, 9.17) is 5.26 Å². The minimum atomic E-state index is -0.736. The Balaban J connectivity index is 2.32. The first kappa shape index (κ1) is 15.3. The number of aromatic nitrogens is 2. The monoisotopic (exact) mass is 326 g/mol. The number of nitrogens with zero attached hydrogens (tertiary/aromatic N) is 4. The first-order valence-electron chi connectivity index (χ1n) is 6.70. The lowest BCUT2D eigenvalue weighted by atomic mass is 10.1. The highest BCUT2D eigenvalue weighted by molar-refractivity contribution is 5.66. The molecule has 24 heavy (non-hydrogen) atoms. The summed E-state index contributed by atoms with van der Waals surface area (Å²) in [5.74, 6) is -1.42. The Morgan fingerprint density at radius 2 is 1.92 bits per heavy atom. The van der Waals surface area contributed by atoms with Crippen LogP contribution in [0.25, 0.3) is 16.9 Å². The van der Waals surface area contributed by atoms with E-state index in [0.717, 1.165) is 22.9 Å². The maximum atomic E-state index is 14.1. The van der Waals surface area contributed by atoms with Crippen LogP contribution in [-0.2, 0) is 0 Å². The van der Waals surface area contributed by atoms with Crippen LogP contribution >= 0.6 is 0 Å². The maximum Gasteiger partial charge on any atom is 0.294 e. The summed E-state index contributed by atoms with van der Waals surface area (Å²) in [7, 11) is 0. The highest BCUT2D eigenvalue weighted by Crippen LogP contribution is 2.30. The first-order chi connectivity index (χ1) is 11.5. The fraction of sp³-hybridized carbons (Fsp3) is 0. The van der Waals surface area contributed by atoms with Gasteiger partial charge in [-0.25, -0.2) is 13.5 Å². The molecule has 0 aliphatic heterocycles. The van der Waals surface area contributed by atoms with Crippen molar-refractivity contribution in [2.45, 2.75) is 0 Å². The normalized spacial score (nSPS) is 10.4. The molecule has 2 aromatic carbocycles. The summed E-state index contributed by atoms with van der Waals surface area (Å²) in [6.45, 7) is 0. The van der Waals surface area contributed by atoms with E-state index >= 15 is 0 Å². The zero-order valence-electron chi connectivity index (χ0n) is 12.0. The van der Waals surface area contributed by atoms with Crippen molar-refractivity contribution in [2.75, 3.05) is 0 Å². The van der Waals surface area contributed by atoms with Crippen LogP contribution in [0.1, 0.15) is 5.69 Å². The summed E-state index contributed by atoms with van der Waals surface area (Å²) in [5.41, 5.74) is -0.419. The number of rotatable bonds is 3. The van der Waals surface area contributed by atoms with Crippen molar-refractivity contribution in [3.8, 4) is 23.0 Å². The van der Waals surface area contributed by atoms with Gasteiger partial charge in [-0.1, -0.05) is 12.1 Å². The molecule has 0 amide bonds. The molecule has 0 unspecified atom stereocenters. The smallest absolute Gasteiger partial charge is 0.258 e. The SMILES string of the molecule is N#Cc1cc(-c2cc(F)ccc2F)n(-c2ccccc2[N+](=O)[O-])n1. The highest BCUT2D eigenvalue weighted by Gasteiger charge is 2.21. The summed E-state index contributed by atoms with van der Waals surface area (Å²) < 4.78 is 28.7. The van der Waals surface area contributed by atoms with Crippen LogP contribution in [0.4, 0.5) is 14.5 Å². The summed E-state index contributed by atoms with van der Waals surface area (Å²) in [4.78, 5) is 10.6. The van der Waals surface area contributed by atoms with Gasteiger partial charge in [0.25, 0.3) is 5.69 Å². The molecule has 0 aliphatic carbocycles. The van der Waals surface area contributed by atoms with E-state index in [9.17, 15) is 18.9 Å². The van der Waals surface area contributed by atoms with E-state index in [1.54, 1.807) is 12.1 Å². The standard InChI is InChI=1S/C16H8F2N4O2/c17-10-5-6-13(18)12(7-10)16-8-11(9-19)20-21(16)14-3-1-2-4-15(14)22(23)24/h1-8H. The molecule has 3 rings (SSSR count). The molecule has 0 saturated heterocycles. The molecule has 1 heterocycles. The highest BCUT2D eigenvalue weighted by atomic mass is 19.1. The van der Waals surface area contributed by atoms with E-state index in [1.807, 2.05) is 0 Å². The van der Waals surface area contributed by atoms with E-state index in [1.165, 1.54) is 24.3 Å². The first-order valence-corrected chi connectivity index (χ1v) is 6.70. The largest absolute Gasteiger partial charge is 0.294 e. The third-order valence-corrected chi connectivity index (χ3v) is 3.33. The van der Waals surface area contributed by atoms with E-state index in [0.29, 0.717) is 0 Å². The van der Waals surface area contributed by atoms with Crippen LogP contribution in [-0.4, -0.2) is 14.7 Å². The van der Waals surface area contributed by atoms with Gasteiger partial charge in [0.05, 0.1) is 10.6 Å². The Morgan fingerprint density at radius 3 is 2.62 bits per heavy atom. The summed E-state index contributed by atoms with van der Waals surface area (Å²) in [6.07, 6.45) is 0. The molecule has 6 nitrogen and oxygen atoms in total. The number of nitriles is 1. The van der Waals surface area contributed by atoms with Gasteiger partial charge in [-0.2, -0.15) is 10.4 Å². The zero-order valence-corrected chi connectivity index (χ0v) is 12.0.